The van der Waals surface area contributed by atoms with Gasteiger partial charge in [0.2, 0.25) is 0 Å². The van der Waals surface area contributed by atoms with Crippen LogP contribution in [-0.2, 0) is 26.2 Å². The molecule has 1 unspecified atom stereocenters. The minimum Gasteiger partial charge on any atom is -0.475 e. The van der Waals surface area contributed by atoms with Crippen LogP contribution in [0.15, 0.2) is 103 Å². The number of rotatable bonds is 11. The molecule has 0 aliphatic heterocycles. The van der Waals surface area contributed by atoms with E-state index in [0.29, 0.717) is 17.2 Å². The minimum atomic E-state index is -4.11. The first-order valence-electron chi connectivity index (χ1n) is 14.2. The lowest BCUT2D eigenvalue weighted by Crippen LogP contribution is -2.42. The third-order valence-electron chi connectivity index (χ3n) is 5.94. The fraction of sp³-hybridized carbons (Fsp3) is 0.229. The summed E-state index contributed by atoms with van der Waals surface area (Å²) in [7, 11) is 2.32. The number of aliphatic hydroxyl groups is 1. The van der Waals surface area contributed by atoms with E-state index < -0.39 is 35.2 Å². The van der Waals surface area contributed by atoms with E-state index in [9.17, 15) is 31.9 Å². The van der Waals surface area contributed by atoms with Crippen molar-refractivity contribution in [3.8, 4) is 23.0 Å². The second kappa shape index (κ2) is 19.4. The number of ether oxygens (including phenoxy) is 2. The van der Waals surface area contributed by atoms with Gasteiger partial charge in [0, 0.05) is 18.2 Å². The SMILES string of the molecule is CC.CNC(C=O)C(F)(F)c1cccc(Oc2cccc(C)c2)c1.CO.O=C(O)C(=O)C(F)(F)c1cccc(Oc2ccccc2)c1. The predicted octanol–water partition coefficient (Wildman–Crippen LogP) is 7.53. The number of nitrogens with one attached hydrogen (secondary N) is 1. The zero-order valence-corrected chi connectivity index (χ0v) is 26.4. The lowest BCUT2D eigenvalue weighted by molar-refractivity contribution is -0.163. The van der Waals surface area contributed by atoms with Crippen LogP contribution in [-0.4, -0.2) is 48.5 Å². The van der Waals surface area contributed by atoms with Crippen LogP contribution in [0.25, 0.3) is 0 Å². The summed E-state index contributed by atoms with van der Waals surface area (Å²) in [5.41, 5.74) is 0.00243. The number of aldehydes is 1. The molecule has 0 radical (unpaired) electrons. The molecule has 0 saturated carbocycles. The Morgan fingerprint density at radius 3 is 1.66 bits per heavy atom. The summed E-state index contributed by atoms with van der Waals surface area (Å²) in [6.07, 6.45) is 0.202. The minimum absolute atomic E-state index is 0.0802. The molecule has 8 nitrogen and oxygen atoms in total. The Morgan fingerprint density at radius 2 is 1.17 bits per heavy atom. The number of ketones is 1. The van der Waals surface area contributed by atoms with E-state index in [1.54, 1.807) is 42.5 Å². The van der Waals surface area contributed by atoms with E-state index >= 15 is 0 Å². The van der Waals surface area contributed by atoms with E-state index in [1.807, 2.05) is 39.0 Å². The maximum absolute atomic E-state index is 14.3. The number of carboxylic acids is 1. The number of aliphatic carboxylic acids is 1. The largest absolute Gasteiger partial charge is 0.475 e. The monoisotopic (exact) mass is 659 g/mol. The summed E-state index contributed by atoms with van der Waals surface area (Å²) in [4.78, 5) is 32.3. The molecule has 12 heteroatoms. The van der Waals surface area contributed by atoms with E-state index in [0.717, 1.165) is 24.8 Å². The molecule has 0 aliphatic rings. The maximum Gasteiger partial charge on any atom is 0.379 e. The number of Topliss-reactive ketones (excluding diaryl/α,β-unsaturated/α-hetero) is 1. The summed E-state index contributed by atoms with van der Waals surface area (Å²) in [6, 6.07) is 24.4. The lowest BCUT2D eigenvalue weighted by Gasteiger charge is -2.22. The third kappa shape index (κ3) is 11.7. The molecule has 0 aromatic heterocycles. The van der Waals surface area contributed by atoms with Gasteiger partial charge < -0.3 is 29.8 Å². The second-order valence-electron chi connectivity index (χ2n) is 9.12. The highest BCUT2D eigenvalue weighted by Gasteiger charge is 2.45. The molecule has 252 valence electrons. The first-order valence-corrected chi connectivity index (χ1v) is 14.2. The summed E-state index contributed by atoms with van der Waals surface area (Å²) in [6.45, 7) is 5.92. The number of aryl methyl sites for hydroxylation is 1. The van der Waals surface area contributed by atoms with Gasteiger partial charge in [0.1, 0.15) is 35.3 Å². The number of para-hydroxylation sites is 1. The van der Waals surface area contributed by atoms with Crippen molar-refractivity contribution in [2.24, 2.45) is 0 Å². The molecule has 4 rings (SSSR count). The third-order valence-corrected chi connectivity index (χ3v) is 5.94. The van der Waals surface area contributed by atoms with Crippen molar-refractivity contribution in [3.63, 3.8) is 0 Å². The Labute approximate surface area is 270 Å². The summed E-state index contributed by atoms with van der Waals surface area (Å²) in [5, 5.41) is 17.7. The Hall–Kier alpha value is -5.07. The van der Waals surface area contributed by atoms with Crippen molar-refractivity contribution >= 4 is 18.0 Å². The predicted molar refractivity (Wildman–Crippen MR) is 169 cm³/mol. The molecule has 0 aliphatic carbocycles. The van der Waals surface area contributed by atoms with E-state index in [4.69, 9.17) is 19.7 Å². The first-order chi connectivity index (χ1) is 22.4. The highest BCUT2D eigenvalue weighted by Crippen LogP contribution is 2.35. The summed E-state index contributed by atoms with van der Waals surface area (Å²) in [5.74, 6) is -10.4. The summed E-state index contributed by atoms with van der Waals surface area (Å²) < 4.78 is 66.9. The van der Waals surface area contributed by atoms with Gasteiger partial charge in [-0.15, -0.1) is 0 Å². The molecule has 47 heavy (non-hydrogen) atoms. The van der Waals surface area contributed by atoms with Gasteiger partial charge in [-0.25, -0.2) is 4.79 Å². The number of hydrogen-bond acceptors (Lipinski definition) is 7. The molecule has 0 fully saturated rings. The van der Waals surface area contributed by atoms with Crippen LogP contribution in [0.4, 0.5) is 17.6 Å². The first kappa shape index (κ1) is 40.0. The van der Waals surface area contributed by atoms with Gasteiger partial charge in [0.25, 0.3) is 5.92 Å². The molecule has 0 bridgehead atoms. The molecule has 0 heterocycles. The molecular formula is C35H37F4NO7. The Bertz CT molecular complexity index is 1570. The van der Waals surface area contributed by atoms with Crippen LogP contribution < -0.4 is 14.8 Å². The fourth-order valence-corrected chi connectivity index (χ4v) is 3.74. The van der Waals surface area contributed by atoms with Gasteiger partial charge in [0.05, 0.1) is 0 Å². The quantitative estimate of drug-likeness (QED) is 0.0859. The van der Waals surface area contributed by atoms with Crippen LogP contribution in [0.3, 0.4) is 0 Å². The van der Waals surface area contributed by atoms with Gasteiger partial charge in [-0.3, -0.25) is 4.79 Å². The molecule has 1 atom stereocenters. The number of alkyl halides is 4. The van der Waals surface area contributed by atoms with Gasteiger partial charge in [0.15, 0.2) is 0 Å². The molecule has 4 aromatic carbocycles. The fourth-order valence-electron chi connectivity index (χ4n) is 3.74. The Balaban J connectivity index is 0.000000425. The number of likely N-dealkylation sites (N-methyl/N-ethyl adjacent to an activating group) is 1. The zero-order valence-electron chi connectivity index (χ0n) is 26.4. The van der Waals surface area contributed by atoms with Crippen LogP contribution in [0.5, 0.6) is 23.0 Å². The normalized spacial score (nSPS) is 11.1. The smallest absolute Gasteiger partial charge is 0.379 e. The van der Waals surface area contributed by atoms with Crippen molar-refractivity contribution < 1.29 is 51.6 Å². The molecule has 3 N–H and O–H groups in total. The Morgan fingerprint density at radius 1 is 0.723 bits per heavy atom. The van der Waals surface area contributed by atoms with Crippen molar-refractivity contribution in [2.75, 3.05) is 14.2 Å². The molecular weight excluding hydrogens is 622 g/mol. The Kier molecular flexibility index (Phi) is 16.5. The van der Waals surface area contributed by atoms with E-state index in [2.05, 4.69) is 5.32 Å². The van der Waals surface area contributed by atoms with Crippen molar-refractivity contribution in [3.05, 3.63) is 120 Å². The number of carboxylic acid groups (broad SMARTS) is 1. The van der Waals surface area contributed by atoms with Gasteiger partial charge >= 0.3 is 17.7 Å². The van der Waals surface area contributed by atoms with Gasteiger partial charge in [-0.1, -0.05) is 68.4 Å². The number of aliphatic hydroxyl groups excluding tert-OH is 1. The molecule has 0 saturated heterocycles. The standard InChI is InChI=1S/C17H17F2NO2.C15H10F2O4.C2H6.CH4O/c1-12-5-3-7-14(9-12)22-15-8-4-6-13(10-15)17(18,19)16(11-21)20-2;16-15(17,13(18)14(19)20)10-5-4-8-12(9-10)21-11-6-2-1-3-7-11;2*1-2/h3-11,16,20H,1-2H3;1-9H,(H,19,20);1-2H3;2H,1H3. The zero-order chi connectivity index (χ0) is 35.6. The lowest BCUT2D eigenvalue weighted by atomic mass is 10.0. The summed E-state index contributed by atoms with van der Waals surface area (Å²) >= 11 is 0. The van der Waals surface area contributed by atoms with Crippen molar-refractivity contribution in [1.29, 1.82) is 0 Å². The molecule has 0 spiro atoms. The van der Waals surface area contributed by atoms with Crippen LogP contribution in [0, 0.1) is 6.92 Å². The van der Waals surface area contributed by atoms with Gasteiger partial charge in [-0.05, 0) is 68.1 Å². The average molecular weight is 660 g/mol. The van der Waals surface area contributed by atoms with Gasteiger partial charge in [-0.2, -0.15) is 17.6 Å². The number of hydrogen-bond donors (Lipinski definition) is 3. The van der Waals surface area contributed by atoms with Crippen LogP contribution in [0.2, 0.25) is 0 Å². The molecule has 0 amide bonds. The highest BCUT2D eigenvalue weighted by atomic mass is 19.3. The van der Waals surface area contributed by atoms with Crippen LogP contribution in [0.1, 0.15) is 30.5 Å². The maximum atomic E-state index is 14.3. The van der Waals surface area contributed by atoms with Crippen LogP contribution >= 0.6 is 0 Å². The highest BCUT2D eigenvalue weighted by molar-refractivity contribution is 6.35. The number of carbonyl (C=O) groups is 3. The van der Waals surface area contributed by atoms with E-state index in [-0.39, 0.29) is 17.6 Å². The number of halogens is 4. The van der Waals surface area contributed by atoms with E-state index in [1.165, 1.54) is 37.4 Å². The second-order valence-corrected chi connectivity index (χ2v) is 9.12. The van der Waals surface area contributed by atoms with Crippen molar-refractivity contribution in [1.82, 2.24) is 5.32 Å². The number of carbonyl (C=O) groups excluding carboxylic acids is 2. The number of benzene rings is 4. The average Bonchev–Trinajstić information content (AvgIpc) is 3.07. The topological polar surface area (TPSA) is 122 Å². The van der Waals surface area contributed by atoms with Crippen molar-refractivity contribution in [2.45, 2.75) is 38.7 Å². The molecule has 4 aromatic rings.